The molecule has 0 radical (unpaired) electrons. The molecular formula is C18H33Br. The van der Waals surface area contributed by atoms with E-state index in [9.17, 15) is 0 Å². The van der Waals surface area contributed by atoms with Crippen molar-refractivity contribution in [2.24, 2.45) is 0 Å². The van der Waals surface area contributed by atoms with Gasteiger partial charge in [0.25, 0.3) is 0 Å². The topological polar surface area (TPSA) is 0 Å². The van der Waals surface area contributed by atoms with Crippen molar-refractivity contribution in [1.82, 2.24) is 0 Å². The first-order valence-electron chi connectivity index (χ1n) is 8.43. The second kappa shape index (κ2) is 18.0. The van der Waals surface area contributed by atoms with Crippen LogP contribution >= 0.6 is 15.9 Å². The minimum absolute atomic E-state index is 0.825. The van der Waals surface area contributed by atoms with Crippen LogP contribution < -0.4 is 0 Å². The Bertz CT molecular complexity index is 211. The molecule has 0 aromatic carbocycles. The average Bonchev–Trinajstić information content (AvgIpc) is 2.43. The van der Waals surface area contributed by atoms with Gasteiger partial charge >= 0.3 is 0 Å². The maximum atomic E-state index is 3.32. The molecule has 0 unspecified atom stereocenters. The van der Waals surface area contributed by atoms with Crippen LogP contribution in [0.3, 0.4) is 0 Å². The van der Waals surface area contributed by atoms with Gasteiger partial charge in [0.2, 0.25) is 0 Å². The molecule has 0 aliphatic heterocycles. The highest BCUT2D eigenvalue weighted by Crippen LogP contribution is 2.12. The number of hydrogen-bond donors (Lipinski definition) is 0. The lowest BCUT2D eigenvalue weighted by Gasteiger charge is -2.02. The highest BCUT2D eigenvalue weighted by atomic mass is 79.9. The highest BCUT2D eigenvalue weighted by Gasteiger charge is 1.93. The van der Waals surface area contributed by atoms with Crippen LogP contribution in [0, 0.1) is 11.8 Å². The summed E-state index contributed by atoms with van der Waals surface area (Å²) >= 11 is 3.32. The van der Waals surface area contributed by atoms with Gasteiger partial charge in [-0.15, -0.1) is 5.92 Å². The monoisotopic (exact) mass is 328 g/mol. The summed E-state index contributed by atoms with van der Waals surface area (Å²) in [5.41, 5.74) is 0. The minimum atomic E-state index is 0.825. The second-order valence-corrected chi connectivity index (χ2v) is 6.04. The van der Waals surface area contributed by atoms with E-state index < -0.39 is 0 Å². The fourth-order valence-electron chi connectivity index (χ4n) is 2.37. The number of alkyl halides is 1. The van der Waals surface area contributed by atoms with Gasteiger partial charge in [-0.1, -0.05) is 106 Å². The van der Waals surface area contributed by atoms with Crippen LogP contribution in [-0.2, 0) is 0 Å². The van der Waals surface area contributed by atoms with E-state index in [4.69, 9.17) is 0 Å². The van der Waals surface area contributed by atoms with Gasteiger partial charge in [0.1, 0.15) is 0 Å². The Morgan fingerprint density at radius 3 is 1.42 bits per heavy atom. The summed E-state index contributed by atoms with van der Waals surface area (Å²) < 4.78 is 0. The van der Waals surface area contributed by atoms with Crippen molar-refractivity contribution in [2.75, 3.05) is 5.33 Å². The number of rotatable bonds is 13. The Balaban J connectivity index is 2.95. The van der Waals surface area contributed by atoms with E-state index in [1.54, 1.807) is 0 Å². The summed E-state index contributed by atoms with van der Waals surface area (Å²) in [7, 11) is 0. The molecule has 0 nitrogen and oxygen atoms in total. The molecule has 0 saturated heterocycles. The van der Waals surface area contributed by atoms with E-state index >= 15 is 0 Å². The third kappa shape index (κ3) is 18.0. The molecule has 0 fully saturated rings. The van der Waals surface area contributed by atoms with E-state index in [1.807, 2.05) is 0 Å². The molecule has 0 aliphatic rings. The molecule has 0 rings (SSSR count). The van der Waals surface area contributed by atoms with Gasteiger partial charge in [0.05, 0.1) is 5.33 Å². The van der Waals surface area contributed by atoms with Crippen LogP contribution in [0.1, 0.15) is 96.8 Å². The summed E-state index contributed by atoms with van der Waals surface area (Å²) in [6.07, 6.45) is 19.6. The molecule has 0 heterocycles. The van der Waals surface area contributed by atoms with Crippen molar-refractivity contribution in [3.63, 3.8) is 0 Å². The number of unbranched alkanes of at least 4 members (excludes halogenated alkanes) is 13. The third-order valence-corrected chi connectivity index (χ3v) is 3.88. The van der Waals surface area contributed by atoms with Crippen molar-refractivity contribution in [3.8, 4) is 11.8 Å². The highest BCUT2D eigenvalue weighted by molar-refractivity contribution is 9.09. The lowest BCUT2D eigenvalue weighted by molar-refractivity contribution is 0.540. The maximum absolute atomic E-state index is 3.32. The fraction of sp³-hybridized carbons (Fsp3) is 0.889. The van der Waals surface area contributed by atoms with Crippen LogP contribution in [0.4, 0.5) is 0 Å². The van der Waals surface area contributed by atoms with Crippen molar-refractivity contribution in [1.29, 1.82) is 0 Å². The van der Waals surface area contributed by atoms with Gasteiger partial charge in [0, 0.05) is 6.42 Å². The zero-order valence-electron chi connectivity index (χ0n) is 13.0. The Morgan fingerprint density at radius 2 is 1.00 bits per heavy atom. The lowest BCUT2D eigenvalue weighted by atomic mass is 10.0. The third-order valence-electron chi connectivity index (χ3n) is 3.60. The predicted molar refractivity (Wildman–Crippen MR) is 91.9 cm³/mol. The van der Waals surface area contributed by atoms with E-state index in [0.717, 1.165) is 11.8 Å². The van der Waals surface area contributed by atoms with Crippen LogP contribution in [0.25, 0.3) is 0 Å². The Kier molecular flexibility index (Phi) is 18.1. The Hall–Kier alpha value is 0.0400. The van der Waals surface area contributed by atoms with Gasteiger partial charge in [-0.25, -0.2) is 0 Å². The van der Waals surface area contributed by atoms with Gasteiger partial charge in [-0.3, -0.25) is 0 Å². The first kappa shape index (κ1) is 19.0. The molecule has 112 valence electrons. The molecule has 0 aliphatic carbocycles. The van der Waals surface area contributed by atoms with Crippen LogP contribution in [0.5, 0.6) is 0 Å². The zero-order chi connectivity index (χ0) is 14.0. The molecule has 0 aromatic heterocycles. The van der Waals surface area contributed by atoms with Gasteiger partial charge in [0.15, 0.2) is 0 Å². The molecule has 0 aromatic rings. The molecule has 0 bridgehead atoms. The van der Waals surface area contributed by atoms with Gasteiger partial charge in [-0.2, -0.15) is 0 Å². The number of halogens is 1. The lowest BCUT2D eigenvalue weighted by Crippen LogP contribution is -1.82. The van der Waals surface area contributed by atoms with Crippen molar-refractivity contribution in [3.05, 3.63) is 0 Å². The Labute approximate surface area is 130 Å². The van der Waals surface area contributed by atoms with Crippen LogP contribution in [-0.4, -0.2) is 5.33 Å². The van der Waals surface area contributed by atoms with Crippen molar-refractivity contribution in [2.45, 2.75) is 96.8 Å². The zero-order valence-corrected chi connectivity index (χ0v) is 14.6. The van der Waals surface area contributed by atoms with E-state index in [2.05, 4.69) is 34.7 Å². The second-order valence-electron chi connectivity index (χ2n) is 5.48. The standard InChI is InChI=1S/C18H33Br/c1-2-3-4-5-6-7-8-9-10-11-12-13-14-15-16-17-18-19/h2-15,18H2,1H3. The van der Waals surface area contributed by atoms with E-state index in [0.29, 0.717) is 0 Å². The molecule has 0 N–H and O–H groups in total. The normalized spacial score (nSPS) is 10.2. The summed E-state index contributed by atoms with van der Waals surface area (Å²) in [4.78, 5) is 0. The first-order chi connectivity index (χ1) is 9.41. The van der Waals surface area contributed by atoms with Crippen molar-refractivity contribution >= 4 is 15.9 Å². The fourth-order valence-corrected chi connectivity index (χ4v) is 2.57. The molecule has 19 heavy (non-hydrogen) atoms. The minimum Gasteiger partial charge on any atom is -0.102 e. The molecular weight excluding hydrogens is 296 g/mol. The first-order valence-corrected chi connectivity index (χ1v) is 9.55. The predicted octanol–water partition coefficient (Wildman–Crippen LogP) is 6.87. The SMILES string of the molecule is CCCCCCCCCCCCCCCC#CCBr. The smallest absolute Gasteiger partial charge is 0.0645 e. The molecule has 0 spiro atoms. The largest absolute Gasteiger partial charge is 0.102 e. The van der Waals surface area contributed by atoms with Crippen molar-refractivity contribution < 1.29 is 0 Å². The quantitative estimate of drug-likeness (QED) is 0.196. The van der Waals surface area contributed by atoms with Crippen LogP contribution in [0.2, 0.25) is 0 Å². The van der Waals surface area contributed by atoms with Crippen LogP contribution in [0.15, 0.2) is 0 Å². The van der Waals surface area contributed by atoms with E-state index in [1.165, 1.54) is 83.5 Å². The molecule has 0 atom stereocenters. The van der Waals surface area contributed by atoms with Gasteiger partial charge < -0.3 is 0 Å². The Morgan fingerprint density at radius 1 is 0.579 bits per heavy atom. The maximum Gasteiger partial charge on any atom is 0.0645 e. The molecule has 0 amide bonds. The summed E-state index contributed by atoms with van der Waals surface area (Å²) in [6.45, 7) is 2.29. The van der Waals surface area contributed by atoms with E-state index in [-0.39, 0.29) is 0 Å². The molecule has 0 saturated carbocycles. The summed E-state index contributed by atoms with van der Waals surface area (Å²) in [5, 5.41) is 0.825. The van der Waals surface area contributed by atoms with Gasteiger partial charge in [-0.05, 0) is 6.42 Å². The summed E-state index contributed by atoms with van der Waals surface area (Å²) in [6, 6.07) is 0. The number of hydrogen-bond acceptors (Lipinski definition) is 0. The average molecular weight is 329 g/mol. The summed E-state index contributed by atoms with van der Waals surface area (Å²) in [5.74, 6) is 6.24. The molecule has 1 heteroatoms.